The van der Waals surface area contributed by atoms with Gasteiger partial charge in [0.15, 0.2) is 0 Å². The van der Waals surface area contributed by atoms with Gasteiger partial charge < -0.3 is 0 Å². The van der Waals surface area contributed by atoms with Crippen LogP contribution in [0.1, 0.15) is 30.0 Å². The zero-order valence-electron chi connectivity index (χ0n) is 6.34. The van der Waals surface area contributed by atoms with E-state index in [9.17, 15) is 0 Å². The molecule has 58 valence electrons. The van der Waals surface area contributed by atoms with Gasteiger partial charge in [0.25, 0.3) is 0 Å². The van der Waals surface area contributed by atoms with E-state index >= 15 is 0 Å². The monoisotopic (exact) mass is 212 g/mol. The van der Waals surface area contributed by atoms with Crippen LogP contribution in [0.5, 0.6) is 0 Å². The van der Waals surface area contributed by atoms with Crippen LogP contribution in [0.25, 0.3) is 0 Å². The van der Waals surface area contributed by atoms with Gasteiger partial charge >= 0.3 is 0 Å². The van der Waals surface area contributed by atoms with Crippen molar-refractivity contribution in [2.45, 2.75) is 25.7 Å². The number of hydrogen-bond acceptors (Lipinski definition) is 2. The third-order valence-electron chi connectivity index (χ3n) is 2.02. The molecule has 0 aromatic carbocycles. The van der Waals surface area contributed by atoms with Crippen LogP contribution in [0, 0.1) is 6.92 Å². The molecule has 0 amide bonds. The Morgan fingerprint density at radius 2 is 2.18 bits per heavy atom. The Balaban J connectivity index is 2.48. The molecule has 1 aliphatic rings. The lowest BCUT2D eigenvalue weighted by Gasteiger charge is -2.02. The van der Waals surface area contributed by atoms with E-state index < -0.39 is 0 Å². The molecule has 3 heteroatoms. The highest BCUT2D eigenvalue weighted by molar-refractivity contribution is 9.10. The minimum absolute atomic E-state index is 0.727. The van der Waals surface area contributed by atoms with Gasteiger partial charge in [0.2, 0.25) is 0 Å². The molecule has 0 saturated heterocycles. The predicted molar refractivity (Wildman–Crippen MR) is 46.4 cm³/mol. The fourth-order valence-electron chi connectivity index (χ4n) is 1.29. The molecular formula is C8H9BrN2. The van der Waals surface area contributed by atoms with Gasteiger partial charge in [0.1, 0.15) is 10.9 Å². The summed E-state index contributed by atoms with van der Waals surface area (Å²) < 4.78 is 0.979. The second-order valence-electron chi connectivity index (χ2n) is 2.94. The molecule has 0 aliphatic heterocycles. The Morgan fingerprint density at radius 1 is 1.45 bits per heavy atom. The zero-order chi connectivity index (χ0) is 7.84. The van der Waals surface area contributed by atoms with Crippen molar-refractivity contribution < 1.29 is 0 Å². The number of hydrogen-bond donors (Lipinski definition) is 0. The molecule has 0 bridgehead atoms. The van der Waals surface area contributed by atoms with Gasteiger partial charge in [0, 0.05) is 11.3 Å². The lowest BCUT2D eigenvalue weighted by Crippen LogP contribution is -1.93. The number of aromatic nitrogens is 2. The summed E-state index contributed by atoms with van der Waals surface area (Å²) in [7, 11) is 0. The van der Waals surface area contributed by atoms with E-state index in [1.54, 1.807) is 6.33 Å². The molecule has 0 radical (unpaired) electrons. The molecule has 1 heterocycles. The van der Waals surface area contributed by atoms with E-state index in [4.69, 9.17) is 0 Å². The second kappa shape index (κ2) is 2.55. The molecule has 1 aliphatic carbocycles. The first-order chi connectivity index (χ1) is 5.29. The highest BCUT2D eigenvalue weighted by Gasteiger charge is 2.28. The first kappa shape index (κ1) is 7.22. The standard InChI is InChI=1S/C8H9BrN2/c1-5-7(6-2-3-6)8(9)11-4-10-5/h4,6H,2-3H2,1H3. The van der Waals surface area contributed by atoms with Crippen LogP contribution in [-0.4, -0.2) is 9.97 Å². The molecule has 11 heavy (non-hydrogen) atoms. The Kier molecular flexibility index (Phi) is 1.68. The Labute approximate surface area is 74.2 Å². The summed E-state index contributed by atoms with van der Waals surface area (Å²) in [6.07, 6.45) is 4.20. The van der Waals surface area contributed by atoms with Crippen LogP contribution in [-0.2, 0) is 0 Å². The van der Waals surface area contributed by atoms with Crippen molar-refractivity contribution >= 4 is 15.9 Å². The highest BCUT2D eigenvalue weighted by Crippen LogP contribution is 2.43. The number of nitrogens with zero attached hydrogens (tertiary/aromatic N) is 2. The molecular weight excluding hydrogens is 204 g/mol. The normalized spacial score (nSPS) is 16.9. The maximum Gasteiger partial charge on any atom is 0.116 e. The summed E-state index contributed by atoms with van der Waals surface area (Å²) in [6.45, 7) is 2.04. The van der Waals surface area contributed by atoms with E-state index in [1.165, 1.54) is 18.4 Å². The van der Waals surface area contributed by atoms with Gasteiger partial charge in [-0.25, -0.2) is 9.97 Å². The van der Waals surface area contributed by atoms with Gasteiger partial charge in [-0.05, 0) is 41.6 Å². The minimum Gasteiger partial charge on any atom is -0.241 e. The van der Waals surface area contributed by atoms with E-state index in [0.717, 1.165) is 16.2 Å². The van der Waals surface area contributed by atoms with Crippen molar-refractivity contribution in [3.63, 3.8) is 0 Å². The molecule has 0 N–H and O–H groups in total. The average molecular weight is 213 g/mol. The Bertz CT molecular complexity index is 261. The van der Waals surface area contributed by atoms with E-state index in [0.29, 0.717) is 0 Å². The summed E-state index contributed by atoms with van der Waals surface area (Å²) in [6, 6.07) is 0. The van der Waals surface area contributed by atoms with Gasteiger partial charge in [-0.2, -0.15) is 0 Å². The van der Waals surface area contributed by atoms with Crippen LogP contribution in [0.3, 0.4) is 0 Å². The zero-order valence-corrected chi connectivity index (χ0v) is 7.93. The van der Waals surface area contributed by atoms with Crippen molar-refractivity contribution in [3.05, 3.63) is 22.2 Å². The van der Waals surface area contributed by atoms with E-state index in [2.05, 4.69) is 25.9 Å². The lowest BCUT2D eigenvalue weighted by atomic mass is 10.1. The van der Waals surface area contributed by atoms with Crippen LogP contribution in [0.2, 0.25) is 0 Å². The summed E-state index contributed by atoms with van der Waals surface area (Å²) in [4.78, 5) is 8.27. The van der Waals surface area contributed by atoms with E-state index in [1.807, 2.05) is 6.92 Å². The third kappa shape index (κ3) is 1.29. The molecule has 1 saturated carbocycles. The van der Waals surface area contributed by atoms with Crippen molar-refractivity contribution in [1.82, 2.24) is 9.97 Å². The molecule has 1 aromatic heterocycles. The SMILES string of the molecule is Cc1ncnc(Br)c1C1CC1. The molecule has 0 spiro atoms. The molecule has 0 atom stereocenters. The van der Waals surface area contributed by atoms with Crippen molar-refractivity contribution in [1.29, 1.82) is 0 Å². The molecule has 1 fully saturated rings. The Hall–Kier alpha value is -0.440. The third-order valence-corrected chi connectivity index (χ3v) is 2.65. The summed E-state index contributed by atoms with van der Waals surface area (Å²) in [5.74, 6) is 0.727. The average Bonchev–Trinajstić information content (AvgIpc) is 2.70. The van der Waals surface area contributed by atoms with Gasteiger partial charge in [0.05, 0.1) is 0 Å². The van der Waals surface area contributed by atoms with Crippen LogP contribution in [0.4, 0.5) is 0 Å². The quantitative estimate of drug-likeness (QED) is 0.669. The van der Waals surface area contributed by atoms with Crippen LogP contribution >= 0.6 is 15.9 Å². The van der Waals surface area contributed by atoms with E-state index in [-0.39, 0.29) is 0 Å². The number of rotatable bonds is 1. The molecule has 2 rings (SSSR count). The fraction of sp³-hybridized carbons (Fsp3) is 0.500. The number of aryl methyl sites for hydroxylation is 1. The summed E-state index contributed by atoms with van der Waals surface area (Å²) in [5.41, 5.74) is 2.43. The van der Waals surface area contributed by atoms with Gasteiger partial charge in [-0.1, -0.05) is 0 Å². The van der Waals surface area contributed by atoms with Crippen LogP contribution < -0.4 is 0 Å². The lowest BCUT2D eigenvalue weighted by molar-refractivity contribution is 0.965. The minimum atomic E-state index is 0.727. The molecule has 2 nitrogen and oxygen atoms in total. The number of halogens is 1. The van der Waals surface area contributed by atoms with Gasteiger partial charge in [-0.15, -0.1) is 0 Å². The topological polar surface area (TPSA) is 25.8 Å². The highest BCUT2D eigenvalue weighted by atomic mass is 79.9. The van der Waals surface area contributed by atoms with Crippen molar-refractivity contribution in [2.24, 2.45) is 0 Å². The maximum atomic E-state index is 4.16. The van der Waals surface area contributed by atoms with Crippen molar-refractivity contribution in [3.8, 4) is 0 Å². The Morgan fingerprint density at radius 3 is 2.73 bits per heavy atom. The van der Waals surface area contributed by atoms with Crippen LogP contribution in [0.15, 0.2) is 10.9 Å². The molecule has 0 unspecified atom stereocenters. The first-order valence-corrected chi connectivity index (χ1v) is 4.55. The van der Waals surface area contributed by atoms with Gasteiger partial charge in [-0.3, -0.25) is 0 Å². The van der Waals surface area contributed by atoms with Crippen molar-refractivity contribution in [2.75, 3.05) is 0 Å². The summed E-state index contributed by atoms with van der Waals surface area (Å²) in [5, 5.41) is 0. The fourth-order valence-corrected chi connectivity index (χ4v) is 1.99. The maximum absolute atomic E-state index is 4.16. The molecule has 1 aromatic rings. The smallest absolute Gasteiger partial charge is 0.116 e. The predicted octanol–water partition coefficient (Wildman–Crippen LogP) is 2.42. The first-order valence-electron chi connectivity index (χ1n) is 3.76. The summed E-state index contributed by atoms with van der Waals surface area (Å²) >= 11 is 3.44. The largest absolute Gasteiger partial charge is 0.241 e. The second-order valence-corrected chi connectivity index (χ2v) is 3.69.